The number of fused-ring (bicyclic) bond motifs is 2. The van der Waals surface area contributed by atoms with Gasteiger partial charge in [0.15, 0.2) is 0 Å². The first kappa shape index (κ1) is 27.2. The molecule has 0 heterocycles. The molecule has 0 aromatic heterocycles. The van der Waals surface area contributed by atoms with Crippen molar-refractivity contribution in [1.82, 2.24) is 0 Å². The molecule has 6 heteroatoms. The van der Waals surface area contributed by atoms with E-state index in [1.165, 1.54) is 5.56 Å². The second kappa shape index (κ2) is 14.2. The van der Waals surface area contributed by atoms with Gasteiger partial charge in [-0.25, -0.2) is 4.79 Å². The second-order valence-corrected chi connectivity index (χ2v) is 8.82. The fourth-order valence-corrected chi connectivity index (χ4v) is 4.12. The Kier molecular flexibility index (Phi) is 10.1. The molecule has 4 aromatic carbocycles. The maximum atomic E-state index is 11.3. The maximum absolute atomic E-state index is 11.3. The third kappa shape index (κ3) is 7.34. The number of benzene rings is 4. The highest BCUT2D eigenvalue weighted by Gasteiger charge is 2.16. The highest BCUT2D eigenvalue weighted by Crippen LogP contribution is 2.42. The summed E-state index contributed by atoms with van der Waals surface area (Å²) in [6, 6.07) is 26.7. The van der Waals surface area contributed by atoms with Crippen LogP contribution in [0.25, 0.3) is 21.5 Å². The fraction of sp³-hybridized carbons (Fsp3) is 0.281. The van der Waals surface area contributed by atoms with Crippen LogP contribution in [0.5, 0.6) is 11.5 Å². The van der Waals surface area contributed by atoms with E-state index in [9.17, 15) is 4.79 Å². The summed E-state index contributed by atoms with van der Waals surface area (Å²) in [7, 11) is 0. The summed E-state index contributed by atoms with van der Waals surface area (Å²) in [6.45, 7) is 7.91. The van der Waals surface area contributed by atoms with Gasteiger partial charge in [0.25, 0.3) is 0 Å². The van der Waals surface area contributed by atoms with Gasteiger partial charge in [-0.3, -0.25) is 0 Å². The second-order valence-electron chi connectivity index (χ2n) is 8.82. The first-order valence-corrected chi connectivity index (χ1v) is 12.9. The minimum atomic E-state index is -0.408. The molecule has 198 valence electrons. The van der Waals surface area contributed by atoms with Crippen LogP contribution in [0.15, 0.2) is 91.0 Å². The zero-order valence-corrected chi connectivity index (χ0v) is 21.8. The van der Waals surface area contributed by atoms with Gasteiger partial charge in [0.05, 0.1) is 33.0 Å². The summed E-state index contributed by atoms with van der Waals surface area (Å²) < 4.78 is 28.7. The Bertz CT molecular complexity index is 1290. The van der Waals surface area contributed by atoms with E-state index >= 15 is 0 Å². The summed E-state index contributed by atoms with van der Waals surface area (Å²) in [5, 5.41) is 4.06. The van der Waals surface area contributed by atoms with E-state index in [1.807, 2.05) is 42.5 Å². The third-order valence-corrected chi connectivity index (χ3v) is 5.97. The Balaban J connectivity index is 1.33. The van der Waals surface area contributed by atoms with Crippen molar-refractivity contribution in [1.29, 1.82) is 0 Å². The molecule has 0 atom stereocenters. The van der Waals surface area contributed by atoms with Gasteiger partial charge in [0.2, 0.25) is 0 Å². The van der Waals surface area contributed by atoms with E-state index in [1.54, 1.807) is 6.92 Å². The molecule has 0 N–H and O–H groups in total. The topological polar surface area (TPSA) is 63.2 Å². The normalized spacial score (nSPS) is 11.0. The largest absolute Gasteiger partial charge is 0.492 e. The minimum absolute atomic E-state index is 0.195. The lowest BCUT2D eigenvalue weighted by atomic mass is 10.0. The molecule has 0 aliphatic carbocycles. The minimum Gasteiger partial charge on any atom is -0.492 e. The monoisotopic (exact) mass is 514 g/mol. The Morgan fingerprint density at radius 2 is 1.05 bits per heavy atom. The van der Waals surface area contributed by atoms with Crippen LogP contribution in [0.1, 0.15) is 12.5 Å². The first-order chi connectivity index (χ1) is 18.6. The van der Waals surface area contributed by atoms with Crippen LogP contribution in [0.3, 0.4) is 0 Å². The van der Waals surface area contributed by atoms with Crippen molar-refractivity contribution in [2.24, 2.45) is 0 Å². The summed E-state index contributed by atoms with van der Waals surface area (Å²) in [4.78, 5) is 11.3. The van der Waals surface area contributed by atoms with E-state index in [2.05, 4.69) is 43.0 Å². The molecule has 0 radical (unpaired) electrons. The molecule has 4 aromatic rings. The van der Waals surface area contributed by atoms with Crippen molar-refractivity contribution in [3.8, 4) is 11.5 Å². The van der Waals surface area contributed by atoms with Crippen LogP contribution in [-0.4, -0.2) is 52.2 Å². The average Bonchev–Trinajstić information content (AvgIpc) is 2.95. The highest BCUT2D eigenvalue weighted by molar-refractivity contribution is 6.11. The lowest BCUT2D eigenvalue weighted by Crippen LogP contribution is -2.14. The Morgan fingerprint density at radius 3 is 1.58 bits per heavy atom. The van der Waals surface area contributed by atoms with Gasteiger partial charge in [-0.1, -0.05) is 85.4 Å². The molecular weight excluding hydrogens is 480 g/mol. The van der Waals surface area contributed by atoms with Crippen LogP contribution in [0.2, 0.25) is 0 Å². The van der Waals surface area contributed by atoms with Gasteiger partial charge in [-0.05, 0) is 12.5 Å². The van der Waals surface area contributed by atoms with E-state index in [0.717, 1.165) is 39.5 Å². The predicted octanol–water partition coefficient (Wildman–Crippen LogP) is 6.15. The van der Waals surface area contributed by atoms with Crippen molar-refractivity contribution < 1.29 is 28.5 Å². The molecule has 0 amide bonds. The van der Waals surface area contributed by atoms with Crippen molar-refractivity contribution in [3.63, 3.8) is 0 Å². The average molecular weight is 515 g/mol. The molecular formula is C32H34O6. The first-order valence-electron chi connectivity index (χ1n) is 12.9. The molecule has 0 saturated carbocycles. The van der Waals surface area contributed by atoms with Crippen molar-refractivity contribution in [3.05, 3.63) is 96.6 Å². The van der Waals surface area contributed by atoms with E-state index in [0.29, 0.717) is 45.2 Å². The smallest absolute Gasteiger partial charge is 0.333 e. The molecule has 0 aliphatic rings. The van der Waals surface area contributed by atoms with Gasteiger partial charge in [0.1, 0.15) is 24.7 Å². The van der Waals surface area contributed by atoms with Crippen LogP contribution in [0, 0.1) is 0 Å². The Morgan fingerprint density at radius 1 is 0.605 bits per heavy atom. The van der Waals surface area contributed by atoms with Gasteiger partial charge in [-0.2, -0.15) is 0 Å². The van der Waals surface area contributed by atoms with Crippen molar-refractivity contribution >= 4 is 27.5 Å². The molecule has 38 heavy (non-hydrogen) atoms. The highest BCUT2D eigenvalue weighted by atomic mass is 16.6. The number of carbonyl (C=O) groups excluding carboxylic acids is 1. The quantitative estimate of drug-likeness (QED) is 0.0821. The van der Waals surface area contributed by atoms with Crippen molar-refractivity contribution in [2.75, 3.05) is 46.2 Å². The van der Waals surface area contributed by atoms with Gasteiger partial charge < -0.3 is 23.7 Å². The van der Waals surface area contributed by atoms with Crippen LogP contribution in [0.4, 0.5) is 0 Å². The fourth-order valence-electron chi connectivity index (χ4n) is 4.12. The summed E-state index contributed by atoms with van der Waals surface area (Å²) >= 11 is 0. The zero-order chi connectivity index (χ0) is 26.6. The van der Waals surface area contributed by atoms with E-state index in [-0.39, 0.29) is 6.61 Å². The maximum Gasteiger partial charge on any atom is 0.333 e. The van der Waals surface area contributed by atoms with E-state index < -0.39 is 5.97 Å². The van der Waals surface area contributed by atoms with Crippen LogP contribution in [-0.2, 0) is 25.4 Å². The molecule has 4 rings (SSSR count). The van der Waals surface area contributed by atoms with Crippen molar-refractivity contribution in [2.45, 2.75) is 13.3 Å². The SMILES string of the molecule is C=C(C)C(=O)OCCOCCOCCOc1c2ccccc2c(OCCc2ccccc2)c2ccccc12. The number of hydrogen-bond acceptors (Lipinski definition) is 6. The predicted molar refractivity (Wildman–Crippen MR) is 150 cm³/mol. The molecule has 0 spiro atoms. The number of ether oxygens (including phenoxy) is 5. The van der Waals surface area contributed by atoms with Gasteiger partial charge >= 0.3 is 5.97 Å². The number of rotatable bonds is 15. The van der Waals surface area contributed by atoms with Crippen LogP contribution < -0.4 is 9.47 Å². The molecule has 6 nitrogen and oxygen atoms in total. The lowest BCUT2D eigenvalue weighted by molar-refractivity contribution is -0.140. The Labute approximate surface area is 223 Å². The number of esters is 1. The van der Waals surface area contributed by atoms with Gasteiger partial charge in [-0.15, -0.1) is 0 Å². The standard InChI is InChI=1S/C32H34O6/c1-24(2)32(33)38-23-21-35-19-18-34-20-22-37-31-28-14-8-6-12-26(28)30(27-13-7-9-15-29(27)31)36-17-16-25-10-4-3-5-11-25/h3-15H,1,16-23H2,2H3. The lowest BCUT2D eigenvalue weighted by Gasteiger charge is -2.18. The molecule has 0 bridgehead atoms. The summed E-state index contributed by atoms with van der Waals surface area (Å²) in [5.41, 5.74) is 1.62. The molecule has 0 unspecified atom stereocenters. The molecule has 0 saturated heterocycles. The van der Waals surface area contributed by atoms with E-state index in [4.69, 9.17) is 23.7 Å². The molecule has 0 aliphatic heterocycles. The number of hydrogen-bond donors (Lipinski definition) is 0. The molecule has 0 fully saturated rings. The Hall–Kier alpha value is -3.87. The number of carbonyl (C=O) groups is 1. The van der Waals surface area contributed by atoms with Crippen LogP contribution >= 0.6 is 0 Å². The zero-order valence-electron chi connectivity index (χ0n) is 21.8. The van der Waals surface area contributed by atoms with Gasteiger partial charge in [0, 0.05) is 33.5 Å². The third-order valence-electron chi connectivity index (χ3n) is 5.97. The summed E-state index contributed by atoms with van der Waals surface area (Å²) in [5.74, 6) is 1.29. The summed E-state index contributed by atoms with van der Waals surface area (Å²) in [6.07, 6.45) is 0.836.